The lowest BCUT2D eigenvalue weighted by Gasteiger charge is -2.37. The number of rotatable bonds is 10. The van der Waals surface area contributed by atoms with Crippen LogP contribution in [0.5, 0.6) is 11.5 Å². The quantitative estimate of drug-likeness (QED) is 0.169. The van der Waals surface area contributed by atoms with Crippen molar-refractivity contribution in [3.8, 4) is 11.5 Å². The van der Waals surface area contributed by atoms with E-state index in [0.29, 0.717) is 36.8 Å². The maximum absolute atomic E-state index is 14.8. The second-order valence-corrected chi connectivity index (χ2v) is 10.7. The predicted octanol–water partition coefficient (Wildman–Crippen LogP) is 8.51. The monoisotopic (exact) mass is 550 g/mol. The third-order valence-electron chi connectivity index (χ3n) is 8.27. The fourth-order valence-corrected chi connectivity index (χ4v) is 6.05. The maximum atomic E-state index is 14.8. The zero-order chi connectivity index (χ0) is 27.9. The Morgan fingerprint density at radius 3 is 1.97 bits per heavy atom. The molecule has 0 atom stereocenters. The summed E-state index contributed by atoms with van der Waals surface area (Å²) in [6.45, 7) is 4.22. The number of esters is 1. The van der Waals surface area contributed by atoms with Crippen molar-refractivity contribution in [1.82, 2.24) is 0 Å². The van der Waals surface area contributed by atoms with Crippen LogP contribution >= 0.6 is 0 Å². The number of hydrogen-bond acceptors (Lipinski definition) is 4. The molecule has 4 rings (SSSR count). The Bertz CT molecular complexity index is 1120. The van der Waals surface area contributed by atoms with Gasteiger partial charge in [-0.25, -0.2) is 13.6 Å². The van der Waals surface area contributed by atoms with E-state index < -0.39 is 34.8 Å². The van der Waals surface area contributed by atoms with Gasteiger partial charge in [-0.15, -0.1) is 0 Å². The molecular weight excluding hydrogens is 512 g/mol. The molecular formula is C31H38F4O4. The first-order valence-electron chi connectivity index (χ1n) is 14.3. The zero-order valence-corrected chi connectivity index (χ0v) is 22.7. The lowest BCUT2D eigenvalue weighted by atomic mass is 9.69. The van der Waals surface area contributed by atoms with Crippen molar-refractivity contribution in [3.05, 3.63) is 58.7 Å². The highest BCUT2D eigenvalue weighted by Crippen LogP contribution is 2.44. The third-order valence-corrected chi connectivity index (χ3v) is 8.27. The highest BCUT2D eigenvalue weighted by molar-refractivity contribution is 5.90. The molecule has 0 amide bonds. The van der Waals surface area contributed by atoms with Crippen LogP contribution in [-0.4, -0.2) is 25.3 Å². The van der Waals surface area contributed by atoms with Gasteiger partial charge >= 0.3 is 5.97 Å². The van der Waals surface area contributed by atoms with Crippen molar-refractivity contribution in [1.29, 1.82) is 0 Å². The maximum Gasteiger partial charge on any atom is 0.341 e. The Labute approximate surface area is 228 Å². The van der Waals surface area contributed by atoms with Crippen LogP contribution in [0.25, 0.3) is 0 Å². The average Bonchev–Trinajstić information content (AvgIpc) is 2.94. The standard InChI is InChI=1S/C31H38F4O4/c1-3-5-18-38-26-16-14-23(27(32)30(26)35)21-8-6-19(7-9-21)20-10-12-22(13-11-20)39-31(36)24-15-17-25(37-4-2)29(34)28(24)33/h14-17,19-22H,3-13,18H2,1-2H3. The van der Waals surface area contributed by atoms with Crippen LogP contribution in [0.1, 0.15) is 99.9 Å². The van der Waals surface area contributed by atoms with Crippen molar-refractivity contribution in [2.45, 2.75) is 90.1 Å². The van der Waals surface area contributed by atoms with Crippen molar-refractivity contribution in [2.75, 3.05) is 13.2 Å². The SMILES string of the molecule is CCCCOc1ccc(C2CCC(C3CCC(OC(=O)c4ccc(OCC)c(F)c4F)CC3)CC2)c(F)c1F. The Balaban J connectivity index is 1.25. The number of benzene rings is 2. The highest BCUT2D eigenvalue weighted by atomic mass is 19.2. The van der Waals surface area contributed by atoms with Crippen molar-refractivity contribution in [3.63, 3.8) is 0 Å². The van der Waals surface area contributed by atoms with E-state index in [2.05, 4.69) is 0 Å². The molecule has 0 saturated heterocycles. The third kappa shape index (κ3) is 6.87. The molecule has 2 aromatic rings. The van der Waals surface area contributed by atoms with Crippen LogP contribution in [0.15, 0.2) is 24.3 Å². The summed E-state index contributed by atoms with van der Waals surface area (Å²) < 4.78 is 73.8. The minimum absolute atomic E-state index is 0.0119. The molecule has 2 saturated carbocycles. The molecule has 0 aromatic heterocycles. The normalized spacial score (nSPS) is 23.3. The number of ether oxygens (including phenoxy) is 3. The van der Waals surface area contributed by atoms with E-state index in [1.165, 1.54) is 12.1 Å². The lowest BCUT2D eigenvalue weighted by Crippen LogP contribution is -2.30. The molecule has 2 aromatic carbocycles. The van der Waals surface area contributed by atoms with E-state index in [4.69, 9.17) is 14.2 Å². The van der Waals surface area contributed by atoms with Crippen molar-refractivity contribution in [2.24, 2.45) is 11.8 Å². The summed E-state index contributed by atoms with van der Waals surface area (Å²) in [6, 6.07) is 5.65. The number of unbranched alkanes of at least 4 members (excludes halogenated alkanes) is 1. The number of hydrogen-bond donors (Lipinski definition) is 0. The van der Waals surface area contributed by atoms with Crippen molar-refractivity contribution < 1.29 is 36.6 Å². The van der Waals surface area contributed by atoms with Crippen LogP contribution in [-0.2, 0) is 4.74 Å². The topological polar surface area (TPSA) is 44.8 Å². The first-order chi connectivity index (χ1) is 18.8. The molecule has 4 nitrogen and oxygen atoms in total. The molecule has 0 bridgehead atoms. The summed E-state index contributed by atoms with van der Waals surface area (Å²) in [7, 11) is 0. The first kappa shape index (κ1) is 29.2. The second kappa shape index (κ2) is 13.5. The molecule has 2 aliphatic rings. The van der Waals surface area contributed by atoms with Gasteiger partial charge in [-0.05, 0) is 106 Å². The number of carbonyl (C=O) groups excluding carboxylic acids is 1. The molecule has 2 aliphatic carbocycles. The molecule has 0 unspecified atom stereocenters. The Kier molecular flexibility index (Phi) is 10.1. The van der Waals surface area contributed by atoms with Crippen molar-refractivity contribution >= 4 is 5.97 Å². The fourth-order valence-electron chi connectivity index (χ4n) is 6.05. The summed E-state index contributed by atoms with van der Waals surface area (Å²) >= 11 is 0. The Hall–Kier alpha value is -2.77. The second-order valence-electron chi connectivity index (χ2n) is 10.7. The van der Waals surface area contributed by atoms with Gasteiger partial charge in [-0.2, -0.15) is 8.78 Å². The van der Waals surface area contributed by atoms with E-state index in [1.54, 1.807) is 19.1 Å². The summed E-state index contributed by atoms with van der Waals surface area (Å²) in [4.78, 5) is 12.5. The van der Waals surface area contributed by atoms with Gasteiger partial charge in [-0.3, -0.25) is 0 Å². The summed E-state index contributed by atoms with van der Waals surface area (Å²) in [5.74, 6) is -4.32. The molecule has 39 heavy (non-hydrogen) atoms. The van der Waals surface area contributed by atoms with E-state index in [1.807, 2.05) is 6.92 Å². The van der Waals surface area contributed by atoms with Crippen LogP contribution in [0.4, 0.5) is 17.6 Å². The molecule has 8 heteroatoms. The highest BCUT2D eigenvalue weighted by Gasteiger charge is 2.34. The molecule has 0 aliphatic heterocycles. The van der Waals surface area contributed by atoms with Gasteiger partial charge in [0.1, 0.15) is 6.10 Å². The molecule has 0 radical (unpaired) electrons. The van der Waals surface area contributed by atoms with E-state index >= 15 is 0 Å². The van der Waals surface area contributed by atoms with Crippen LogP contribution in [0.3, 0.4) is 0 Å². The van der Waals surface area contributed by atoms with E-state index in [9.17, 15) is 22.4 Å². The van der Waals surface area contributed by atoms with Gasteiger partial charge in [0.05, 0.1) is 18.8 Å². The molecule has 2 fully saturated rings. The van der Waals surface area contributed by atoms with E-state index in [-0.39, 0.29) is 30.1 Å². The van der Waals surface area contributed by atoms with Gasteiger partial charge in [-0.1, -0.05) is 19.4 Å². The lowest BCUT2D eigenvalue weighted by molar-refractivity contribution is 0.0109. The zero-order valence-electron chi connectivity index (χ0n) is 22.7. The molecule has 0 spiro atoms. The first-order valence-corrected chi connectivity index (χ1v) is 14.3. The fraction of sp³-hybridized carbons (Fsp3) is 0.581. The predicted molar refractivity (Wildman–Crippen MR) is 140 cm³/mol. The molecule has 214 valence electrons. The number of halogens is 4. The largest absolute Gasteiger partial charge is 0.491 e. The molecule has 0 heterocycles. The van der Waals surface area contributed by atoms with Gasteiger partial charge < -0.3 is 14.2 Å². The van der Waals surface area contributed by atoms with Crippen LogP contribution in [0.2, 0.25) is 0 Å². The summed E-state index contributed by atoms with van der Waals surface area (Å²) in [6.07, 6.45) is 7.92. The Morgan fingerprint density at radius 1 is 0.744 bits per heavy atom. The Morgan fingerprint density at radius 2 is 1.33 bits per heavy atom. The minimum Gasteiger partial charge on any atom is -0.491 e. The minimum atomic E-state index is -1.26. The van der Waals surface area contributed by atoms with Crippen LogP contribution < -0.4 is 9.47 Å². The van der Waals surface area contributed by atoms with Gasteiger partial charge in [0.2, 0.25) is 11.6 Å². The van der Waals surface area contributed by atoms with E-state index in [0.717, 1.165) is 51.4 Å². The van der Waals surface area contributed by atoms with Gasteiger partial charge in [0.25, 0.3) is 0 Å². The smallest absolute Gasteiger partial charge is 0.341 e. The molecule has 0 N–H and O–H groups in total. The number of carbonyl (C=O) groups is 1. The summed E-state index contributed by atoms with van der Waals surface area (Å²) in [5.41, 5.74) is 0.00277. The average molecular weight is 551 g/mol. The summed E-state index contributed by atoms with van der Waals surface area (Å²) in [5, 5.41) is 0. The van der Waals surface area contributed by atoms with Crippen LogP contribution in [0, 0.1) is 35.1 Å². The van der Waals surface area contributed by atoms with Gasteiger partial charge in [0.15, 0.2) is 23.1 Å². The van der Waals surface area contributed by atoms with Gasteiger partial charge in [0, 0.05) is 0 Å².